The van der Waals surface area contributed by atoms with Gasteiger partial charge in [-0.2, -0.15) is 0 Å². The number of halogens is 1. The molecule has 0 bridgehead atoms. The summed E-state index contributed by atoms with van der Waals surface area (Å²) in [6, 6.07) is 18.0. The summed E-state index contributed by atoms with van der Waals surface area (Å²) in [5.74, 6) is 0.658. The Morgan fingerprint density at radius 2 is 2.05 bits per heavy atom. The van der Waals surface area contributed by atoms with Crippen LogP contribution < -0.4 is 5.32 Å². The first-order valence-electron chi connectivity index (χ1n) is 7.33. The Bertz CT molecular complexity index is 593. The quantitative estimate of drug-likeness (QED) is 0.861. The molecule has 1 aliphatic carbocycles. The Kier molecular flexibility index (Phi) is 4.23. The maximum absolute atomic E-state index is 3.68. The third-order valence-electron chi connectivity index (χ3n) is 4.19. The van der Waals surface area contributed by atoms with Crippen molar-refractivity contribution in [2.75, 3.05) is 6.54 Å². The summed E-state index contributed by atoms with van der Waals surface area (Å²) in [6.45, 7) is 3.22. The molecule has 2 unspecified atom stereocenters. The highest BCUT2D eigenvalue weighted by Crippen LogP contribution is 2.38. The van der Waals surface area contributed by atoms with Crippen molar-refractivity contribution in [3.63, 3.8) is 0 Å². The van der Waals surface area contributed by atoms with E-state index in [1.54, 1.807) is 0 Å². The molecule has 3 rings (SSSR count). The minimum atomic E-state index is 0.532. The zero-order valence-corrected chi connectivity index (χ0v) is 13.4. The van der Waals surface area contributed by atoms with Gasteiger partial charge in [-0.25, -0.2) is 0 Å². The standard InChI is InChI=1S/C18H20BrN/c1-2-20-18(11-13-6-5-8-15(19)10-13)17-12-14-7-3-4-9-16(14)17/h3-10,17-18,20H,2,11-12H2,1H3. The number of benzene rings is 2. The third-order valence-corrected chi connectivity index (χ3v) is 4.68. The fourth-order valence-electron chi connectivity index (χ4n) is 3.19. The smallest absolute Gasteiger partial charge is 0.0179 e. The Balaban J connectivity index is 1.77. The van der Waals surface area contributed by atoms with Gasteiger partial charge in [-0.15, -0.1) is 0 Å². The van der Waals surface area contributed by atoms with E-state index in [0.29, 0.717) is 12.0 Å². The zero-order valence-electron chi connectivity index (χ0n) is 11.8. The van der Waals surface area contributed by atoms with Gasteiger partial charge >= 0.3 is 0 Å². The molecule has 2 aromatic carbocycles. The number of hydrogen-bond donors (Lipinski definition) is 1. The van der Waals surface area contributed by atoms with Crippen LogP contribution in [0.2, 0.25) is 0 Å². The molecule has 0 saturated heterocycles. The SMILES string of the molecule is CCNC(Cc1cccc(Br)c1)C1Cc2ccccc21. The van der Waals surface area contributed by atoms with Crippen molar-refractivity contribution in [3.8, 4) is 0 Å². The largest absolute Gasteiger partial charge is 0.313 e. The van der Waals surface area contributed by atoms with Crippen LogP contribution in [0.15, 0.2) is 53.0 Å². The van der Waals surface area contributed by atoms with Crippen LogP contribution in [0.25, 0.3) is 0 Å². The predicted octanol–water partition coefficient (Wildman–Crippen LogP) is 4.31. The molecule has 0 aromatic heterocycles. The van der Waals surface area contributed by atoms with Crippen molar-refractivity contribution in [2.24, 2.45) is 0 Å². The van der Waals surface area contributed by atoms with Crippen LogP contribution in [-0.4, -0.2) is 12.6 Å². The van der Waals surface area contributed by atoms with Crippen LogP contribution in [-0.2, 0) is 12.8 Å². The predicted molar refractivity (Wildman–Crippen MR) is 88.2 cm³/mol. The molecule has 2 aromatic rings. The summed E-state index contributed by atoms with van der Waals surface area (Å²) in [7, 11) is 0. The van der Waals surface area contributed by atoms with Gasteiger partial charge in [0.15, 0.2) is 0 Å². The number of likely N-dealkylation sites (N-methyl/N-ethyl adjacent to an activating group) is 1. The van der Waals surface area contributed by atoms with E-state index in [9.17, 15) is 0 Å². The second kappa shape index (κ2) is 6.11. The van der Waals surface area contributed by atoms with Crippen molar-refractivity contribution in [1.82, 2.24) is 5.32 Å². The molecule has 0 heterocycles. The molecule has 0 aliphatic heterocycles. The maximum atomic E-state index is 3.68. The molecular formula is C18H20BrN. The monoisotopic (exact) mass is 329 g/mol. The van der Waals surface area contributed by atoms with Gasteiger partial charge in [-0.05, 0) is 48.2 Å². The van der Waals surface area contributed by atoms with Gasteiger partial charge in [0, 0.05) is 16.4 Å². The van der Waals surface area contributed by atoms with Crippen molar-refractivity contribution < 1.29 is 0 Å². The van der Waals surface area contributed by atoms with Gasteiger partial charge in [-0.3, -0.25) is 0 Å². The van der Waals surface area contributed by atoms with Crippen LogP contribution in [0.5, 0.6) is 0 Å². The molecular weight excluding hydrogens is 310 g/mol. The fourth-order valence-corrected chi connectivity index (χ4v) is 3.64. The first-order chi connectivity index (χ1) is 9.78. The van der Waals surface area contributed by atoms with E-state index in [2.05, 4.69) is 76.7 Å². The summed E-state index contributed by atoms with van der Waals surface area (Å²) in [5.41, 5.74) is 4.46. The van der Waals surface area contributed by atoms with E-state index in [1.807, 2.05) is 0 Å². The first kappa shape index (κ1) is 13.8. The third kappa shape index (κ3) is 2.82. The van der Waals surface area contributed by atoms with E-state index < -0.39 is 0 Å². The number of nitrogens with one attached hydrogen (secondary N) is 1. The number of rotatable bonds is 5. The molecule has 104 valence electrons. The highest BCUT2D eigenvalue weighted by atomic mass is 79.9. The average Bonchev–Trinajstić information content (AvgIpc) is 2.40. The average molecular weight is 330 g/mol. The Morgan fingerprint density at radius 3 is 2.80 bits per heavy atom. The summed E-state index contributed by atoms with van der Waals surface area (Å²) in [4.78, 5) is 0. The van der Waals surface area contributed by atoms with Gasteiger partial charge in [0.25, 0.3) is 0 Å². The van der Waals surface area contributed by atoms with E-state index in [0.717, 1.165) is 13.0 Å². The highest BCUT2D eigenvalue weighted by Gasteiger charge is 2.32. The molecule has 0 fully saturated rings. The topological polar surface area (TPSA) is 12.0 Å². The van der Waals surface area contributed by atoms with Crippen molar-refractivity contribution >= 4 is 15.9 Å². The van der Waals surface area contributed by atoms with Crippen molar-refractivity contribution in [1.29, 1.82) is 0 Å². The minimum Gasteiger partial charge on any atom is -0.313 e. The molecule has 20 heavy (non-hydrogen) atoms. The molecule has 0 saturated carbocycles. The van der Waals surface area contributed by atoms with E-state index in [1.165, 1.54) is 27.6 Å². The maximum Gasteiger partial charge on any atom is 0.0179 e. The minimum absolute atomic E-state index is 0.532. The lowest BCUT2D eigenvalue weighted by atomic mass is 9.72. The fraction of sp³-hybridized carbons (Fsp3) is 0.333. The number of fused-ring (bicyclic) bond motifs is 1. The van der Waals surface area contributed by atoms with Crippen molar-refractivity contribution in [2.45, 2.75) is 31.7 Å². The van der Waals surface area contributed by atoms with Gasteiger partial charge in [0.05, 0.1) is 0 Å². The lowest BCUT2D eigenvalue weighted by molar-refractivity contribution is 0.405. The Morgan fingerprint density at radius 1 is 1.20 bits per heavy atom. The summed E-state index contributed by atoms with van der Waals surface area (Å²) >= 11 is 3.56. The van der Waals surface area contributed by atoms with Gasteiger partial charge in [0.1, 0.15) is 0 Å². The molecule has 0 radical (unpaired) electrons. The number of hydrogen-bond acceptors (Lipinski definition) is 1. The molecule has 1 nitrogen and oxygen atoms in total. The molecule has 0 spiro atoms. The molecule has 2 heteroatoms. The highest BCUT2D eigenvalue weighted by molar-refractivity contribution is 9.10. The molecule has 1 N–H and O–H groups in total. The second-order valence-corrected chi connectivity index (χ2v) is 6.42. The van der Waals surface area contributed by atoms with Crippen LogP contribution >= 0.6 is 15.9 Å². The van der Waals surface area contributed by atoms with Gasteiger partial charge in [0.2, 0.25) is 0 Å². The summed E-state index contributed by atoms with van der Waals surface area (Å²) in [5, 5.41) is 3.68. The van der Waals surface area contributed by atoms with E-state index in [4.69, 9.17) is 0 Å². The van der Waals surface area contributed by atoms with Crippen molar-refractivity contribution in [3.05, 3.63) is 69.7 Å². The van der Waals surface area contributed by atoms with E-state index >= 15 is 0 Å². The lowest BCUT2D eigenvalue weighted by Crippen LogP contribution is -2.41. The normalized spacial score (nSPS) is 18.2. The second-order valence-electron chi connectivity index (χ2n) is 5.51. The van der Waals surface area contributed by atoms with Crippen LogP contribution in [0, 0.1) is 0 Å². The lowest BCUT2D eigenvalue weighted by Gasteiger charge is -2.37. The Hall–Kier alpha value is -1.12. The van der Waals surface area contributed by atoms with Gasteiger partial charge in [-0.1, -0.05) is 59.3 Å². The molecule has 0 amide bonds. The molecule has 2 atom stereocenters. The summed E-state index contributed by atoms with van der Waals surface area (Å²) < 4.78 is 1.17. The summed E-state index contributed by atoms with van der Waals surface area (Å²) in [6.07, 6.45) is 2.30. The first-order valence-corrected chi connectivity index (χ1v) is 8.13. The van der Waals surface area contributed by atoms with Crippen LogP contribution in [0.1, 0.15) is 29.5 Å². The zero-order chi connectivity index (χ0) is 13.9. The Labute approximate surface area is 129 Å². The van der Waals surface area contributed by atoms with Crippen LogP contribution in [0.4, 0.5) is 0 Å². The van der Waals surface area contributed by atoms with Crippen LogP contribution in [0.3, 0.4) is 0 Å². The molecule has 1 aliphatic rings. The van der Waals surface area contributed by atoms with E-state index in [-0.39, 0.29) is 0 Å². The van der Waals surface area contributed by atoms with Gasteiger partial charge < -0.3 is 5.32 Å².